The van der Waals surface area contributed by atoms with E-state index in [1.54, 1.807) is 0 Å². The Labute approximate surface area is 224 Å². The quantitative estimate of drug-likeness (QED) is 0.270. The number of hydrogen-bond acceptors (Lipinski definition) is 7. The maximum atomic E-state index is 12.9. The van der Waals surface area contributed by atoms with Gasteiger partial charge in [0.05, 0.1) is 30.3 Å². The molecule has 0 heterocycles. The van der Waals surface area contributed by atoms with Crippen molar-refractivity contribution in [3.05, 3.63) is 12.2 Å². The van der Waals surface area contributed by atoms with E-state index in [0.29, 0.717) is 25.7 Å². The maximum Gasteiger partial charge on any atom is 0.312 e. The van der Waals surface area contributed by atoms with Crippen LogP contribution in [-0.4, -0.2) is 79.3 Å². The van der Waals surface area contributed by atoms with Crippen molar-refractivity contribution in [2.75, 3.05) is 13.2 Å². The smallest absolute Gasteiger partial charge is 0.312 e. The number of carboxylic acid groups (broad SMARTS) is 1. The van der Waals surface area contributed by atoms with Gasteiger partial charge in [0.2, 0.25) is 0 Å². The topological polar surface area (TPSA) is 159 Å². The van der Waals surface area contributed by atoms with Crippen LogP contribution in [0.3, 0.4) is 0 Å². The lowest BCUT2D eigenvalue weighted by Crippen LogP contribution is -2.72. The highest BCUT2D eigenvalue weighted by Crippen LogP contribution is 2.90. The molecule has 5 fully saturated rings. The molecule has 6 aliphatic carbocycles. The second kappa shape index (κ2) is 7.62. The van der Waals surface area contributed by atoms with Crippen LogP contribution in [0.2, 0.25) is 0 Å². The molecule has 0 spiro atoms. The zero-order valence-corrected chi connectivity index (χ0v) is 23.1. The van der Waals surface area contributed by atoms with Crippen LogP contribution < -0.4 is 0 Å². The summed E-state index contributed by atoms with van der Waals surface area (Å²) >= 11 is 0. The summed E-state index contributed by atoms with van der Waals surface area (Å²) in [7, 11) is 0. The molecule has 7 N–H and O–H groups in total. The molecule has 0 unspecified atom stereocenters. The molecule has 0 aromatic heterocycles. The molecule has 0 amide bonds. The standard InChI is InChI=1S/C30H46O8/c1-24(14-31)11-18-28-8-6-17-26(3,29(28,13-28)9-10-30(18,23(37)38)19(33)12-24)7-5-16-25(2,15-32)21(35)20(34)22(36)27(16,17)4/h6,8,16-22,31-36H,5,7,9-15H2,1-4H3,(H,37,38)/t16-,17-,18+,19-,20-,21-,22-,24+,25-,26+,27-,28+,29+,30-/m0/s1. The Morgan fingerprint density at radius 1 is 0.895 bits per heavy atom. The molecule has 8 nitrogen and oxygen atoms in total. The molecule has 5 saturated carbocycles. The van der Waals surface area contributed by atoms with Crippen LogP contribution in [0.25, 0.3) is 0 Å². The van der Waals surface area contributed by atoms with Crippen molar-refractivity contribution in [2.24, 2.45) is 55.7 Å². The van der Waals surface area contributed by atoms with Crippen LogP contribution in [0.5, 0.6) is 0 Å². The molecule has 8 heteroatoms. The van der Waals surface area contributed by atoms with Gasteiger partial charge in [0, 0.05) is 17.4 Å². The first-order chi connectivity index (χ1) is 17.6. The first-order valence-corrected chi connectivity index (χ1v) is 14.5. The molecule has 0 radical (unpaired) electrons. The lowest BCUT2D eigenvalue weighted by molar-refractivity contribution is -0.280. The minimum atomic E-state index is -1.38. The van der Waals surface area contributed by atoms with Crippen LogP contribution in [0.15, 0.2) is 12.2 Å². The van der Waals surface area contributed by atoms with Gasteiger partial charge in [0.25, 0.3) is 0 Å². The molecule has 0 aliphatic heterocycles. The van der Waals surface area contributed by atoms with E-state index in [1.165, 1.54) is 0 Å². The average Bonchev–Trinajstić information content (AvgIpc) is 3.59. The van der Waals surface area contributed by atoms with E-state index in [1.807, 2.05) is 20.8 Å². The number of aliphatic hydroxyl groups excluding tert-OH is 6. The largest absolute Gasteiger partial charge is 0.481 e. The Morgan fingerprint density at radius 3 is 2.18 bits per heavy atom. The number of carbonyl (C=O) groups is 1. The molecule has 0 aromatic carbocycles. The van der Waals surface area contributed by atoms with Gasteiger partial charge in [-0.1, -0.05) is 39.8 Å². The minimum absolute atomic E-state index is 0.102. The van der Waals surface area contributed by atoms with E-state index in [9.17, 15) is 40.5 Å². The SMILES string of the molecule is C[C@]1(CO)C[C@H](O)[C@]2(C(=O)O)CC[C@]34C[C@]3(C=C[C@@H]3[C@@]5(C)[C@@H](O)[C@@H](O)[C@H](O)[C@@](C)(CO)[C@@H]5CC[C@]34C)[C@H]2C1. The van der Waals surface area contributed by atoms with Crippen LogP contribution in [0, 0.1) is 55.7 Å². The van der Waals surface area contributed by atoms with Gasteiger partial charge in [-0.15, -0.1) is 0 Å². The van der Waals surface area contributed by atoms with Gasteiger partial charge in [-0.05, 0) is 84.4 Å². The molecule has 38 heavy (non-hydrogen) atoms. The highest BCUT2D eigenvalue weighted by molar-refractivity contribution is 5.77. The first-order valence-electron chi connectivity index (χ1n) is 14.5. The summed E-state index contributed by atoms with van der Waals surface area (Å²) in [5, 5.41) is 76.1. The van der Waals surface area contributed by atoms with E-state index in [2.05, 4.69) is 19.1 Å². The normalized spacial score (nSPS) is 62.5. The fourth-order valence-electron chi connectivity index (χ4n) is 12.0. The molecular formula is C30H46O8. The summed E-state index contributed by atoms with van der Waals surface area (Å²) in [4.78, 5) is 12.9. The van der Waals surface area contributed by atoms with Crippen LogP contribution in [-0.2, 0) is 4.79 Å². The van der Waals surface area contributed by atoms with Gasteiger partial charge < -0.3 is 35.7 Å². The molecule has 0 bridgehead atoms. The van der Waals surface area contributed by atoms with Crippen molar-refractivity contribution in [3.63, 3.8) is 0 Å². The van der Waals surface area contributed by atoms with E-state index in [4.69, 9.17) is 0 Å². The van der Waals surface area contributed by atoms with Crippen molar-refractivity contribution < 1.29 is 40.5 Å². The summed E-state index contributed by atoms with van der Waals surface area (Å²) in [6.45, 7) is 7.63. The Morgan fingerprint density at radius 2 is 1.58 bits per heavy atom. The van der Waals surface area contributed by atoms with Crippen LogP contribution in [0.4, 0.5) is 0 Å². The molecule has 0 aromatic rings. The number of allylic oxidation sites excluding steroid dienone is 2. The third-order valence-corrected chi connectivity index (χ3v) is 14.2. The Kier molecular flexibility index (Phi) is 5.45. The number of aliphatic carboxylic acids is 1. The van der Waals surface area contributed by atoms with Gasteiger partial charge in [0.15, 0.2) is 0 Å². The van der Waals surface area contributed by atoms with Crippen molar-refractivity contribution in [1.82, 2.24) is 0 Å². The van der Waals surface area contributed by atoms with Crippen molar-refractivity contribution >= 4 is 5.97 Å². The third kappa shape index (κ3) is 2.63. The highest BCUT2D eigenvalue weighted by Gasteiger charge is 2.86. The number of carboxylic acids is 1. The Bertz CT molecular complexity index is 1080. The molecule has 14 atom stereocenters. The van der Waals surface area contributed by atoms with Crippen LogP contribution >= 0.6 is 0 Å². The van der Waals surface area contributed by atoms with Crippen molar-refractivity contribution in [1.29, 1.82) is 0 Å². The van der Waals surface area contributed by atoms with Gasteiger partial charge in [0.1, 0.15) is 6.10 Å². The second-order valence-electron chi connectivity index (χ2n) is 15.3. The zero-order valence-electron chi connectivity index (χ0n) is 23.1. The predicted molar refractivity (Wildman–Crippen MR) is 137 cm³/mol. The number of fused-ring (bicyclic) bond motifs is 4. The second-order valence-corrected chi connectivity index (χ2v) is 15.3. The predicted octanol–water partition coefficient (Wildman–Crippen LogP) is 1.70. The lowest BCUT2D eigenvalue weighted by atomic mass is 9.35. The summed E-state index contributed by atoms with van der Waals surface area (Å²) < 4.78 is 0. The molecule has 6 aliphatic rings. The summed E-state index contributed by atoms with van der Waals surface area (Å²) in [5.74, 6) is -1.61. The number of aliphatic hydroxyl groups is 6. The highest BCUT2D eigenvalue weighted by atomic mass is 16.4. The van der Waals surface area contributed by atoms with Gasteiger partial charge >= 0.3 is 5.97 Å². The lowest BCUT2D eigenvalue weighted by Gasteiger charge is -2.69. The summed E-state index contributed by atoms with van der Waals surface area (Å²) in [5.41, 5.74) is -4.47. The van der Waals surface area contributed by atoms with Crippen molar-refractivity contribution in [3.8, 4) is 0 Å². The minimum Gasteiger partial charge on any atom is -0.481 e. The van der Waals surface area contributed by atoms with Gasteiger partial charge in [-0.2, -0.15) is 0 Å². The van der Waals surface area contributed by atoms with Crippen molar-refractivity contribution in [2.45, 2.75) is 97.1 Å². The molecular weight excluding hydrogens is 488 g/mol. The maximum absolute atomic E-state index is 12.9. The fourth-order valence-corrected chi connectivity index (χ4v) is 12.0. The van der Waals surface area contributed by atoms with Gasteiger partial charge in [-0.25, -0.2) is 0 Å². The molecule has 214 valence electrons. The fraction of sp³-hybridized carbons (Fsp3) is 0.900. The van der Waals surface area contributed by atoms with Gasteiger partial charge in [-0.3, -0.25) is 4.79 Å². The third-order valence-electron chi connectivity index (χ3n) is 14.2. The summed E-state index contributed by atoms with van der Waals surface area (Å²) in [6.07, 6.45) is 3.68. The van der Waals surface area contributed by atoms with Crippen LogP contribution in [0.1, 0.15) is 72.6 Å². The molecule has 6 rings (SSSR count). The first kappa shape index (κ1) is 27.2. The number of rotatable bonds is 3. The van der Waals surface area contributed by atoms with E-state index in [0.717, 1.165) is 12.8 Å². The van der Waals surface area contributed by atoms with E-state index < -0.39 is 57.5 Å². The number of hydrogen-bond donors (Lipinski definition) is 7. The Balaban J connectivity index is 1.49. The summed E-state index contributed by atoms with van der Waals surface area (Å²) in [6, 6.07) is 0. The Hall–Kier alpha value is -1.03. The zero-order chi connectivity index (χ0) is 27.9. The monoisotopic (exact) mass is 534 g/mol. The molecule has 0 saturated heterocycles. The average molecular weight is 535 g/mol. The van der Waals surface area contributed by atoms with E-state index >= 15 is 0 Å². The van der Waals surface area contributed by atoms with E-state index in [-0.39, 0.29) is 48.2 Å².